The molecule has 0 unspecified atom stereocenters. The lowest BCUT2D eigenvalue weighted by Crippen LogP contribution is -2.50. The van der Waals surface area contributed by atoms with E-state index in [1.165, 1.54) is 10.3 Å². The topological polar surface area (TPSA) is 52.5 Å². The highest BCUT2D eigenvalue weighted by molar-refractivity contribution is 7.18. The van der Waals surface area contributed by atoms with Gasteiger partial charge >= 0.3 is 0 Å². The molecule has 0 spiro atoms. The SMILES string of the molecule is Cc1csc2c(N3CCN(CC(C)(C)O)CC3)ncnc12. The zero-order chi connectivity index (χ0) is 15.0. The molecule has 5 nitrogen and oxygen atoms in total. The zero-order valence-corrected chi connectivity index (χ0v) is 13.7. The lowest BCUT2D eigenvalue weighted by molar-refractivity contribution is 0.0345. The van der Waals surface area contributed by atoms with E-state index in [-0.39, 0.29) is 0 Å². The van der Waals surface area contributed by atoms with Crippen molar-refractivity contribution in [3.05, 3.63) is 17.3 Å². The lowest BCUT2D eigenvalue weighted by Gasteiger charge is -2.37. The van der Waals surface area contributed by atoms with Crippen LogP contribution in [-0.4, -0.2) is 58.3 Å². The Morgan fingerprint density at radius 1 is 1.24 bits per heavy atom. The Balaban J connectivity index is 1.74. The molecule has 114 valence electrons. The fourth-order valence-corrected chi connectivity index (χ4v) is 3.87. The standard InChI is InChI=1S/C15H22N4OS/c1-11-8-21-13-12(11)16-10-17-14(13)19-6-4-18(5-7-19)9-15(2,3)20/h8,10,20H,4-7,9H2,1-3H3. The second-order valence-corrected chi connectivity index (χ2v) is 7.25. The summed E-state index contributed by atoms with van der Waals surface area (Å²) in [6.07, 6.45) is 1.67. The molecule has 2 aromatic rings. The molecule has 3 rings (SSSR count). The van der Waals surface area contributed by atoms with Gasteiger partial charge in [-0.15, -0.1) is 11.3 Å². The normalized spacial score (nSPS) is 17.6. The number of nitrogens with zero attached hydrogens (tertiary/aromatic N) is 4. The van der Waals surface area contributed by atoms with Crippen LogP contribution in [0.4, 0.5) is 5.82 Å². The van der Waals surface area contributed by atoms with Crippen LogP contribution >= 0.6 is 11.3 Å². The molecular formula is C15H22N4OS. The number of aromatic nitrogens is 2. The monoisotopic (exact) mass is 306 g/mol. The third-order valence-electron chi connectivity index (χ3n) is 3.79. The number of fused-ring (bicyclic) bond motifs is 1. The fraction of sp³-hybridized carbons (Fsp3) is 0.600. The van der Waals surface area contributed by atoms with E-state index >= 15 is 0 Å². The molecule has 1 N–H and O–H groups in total. The molecule has 0 bridgehead atoms. The number of aliphatic hydroxyl groups is 1. The van der Waals surface area contributed by atoms with Gasteiger partial charge in [0.15, 0.2) is 0 Å². The average molecular weight is 306 g/mol. The smallest absolute Gasteiger partial charge is 0.150 e. The van der Waals surface area contributed by atoms with Gasteiger partial charge in [-0.05, 0) is 31.7 Å². The summed E-state index contributed by atoms with van der Waals surface area (Å²) in [6.45, 7) is 10.3. The van der Waals surface area contributed by atoms with E-state index < -0.39 is 5.60 Å². The lowest BCUT2D eigenvalue weighted by atomic mass is 10.1. The molecule has 1 fully saturated rings. The zero-order valence-electron chi connectivity index (χ0n) is 12.8. The molecule has 0 aliphatic carbocycles. The molecule has 3 heterocycles. The Morgan fingerprint density at radius 2 is 1.95 bits per heavy atom. The third-order valence-corrected chi connectivity index (χ3v) is 4.88. The summed E-state index contributed by atoms with van der Waals surface area (Å²) in [6, 6.07) is 0. The van der Waals surface area contributed by atoms with E-state index in [0.717, 1.165) is 44.1 Å². The van der Waals surface area contributed by atoms with Gasteiger partial charge in [-0.25, -0.2) is 9.97 Å². The summed E-state index contributed by atoms with van der Waals surface area (Å²) in [5.41, 5.74) is 1.66. The summed E-state index contributed by atoms with van der Waals surface area (Å²) < 4.78 is 1.19. The quantitative estimate of drug-likeness (QED) is 0.938. The summed E-state index contributed by atoms with van der Waals surface area (Å²) in [7, 11) is 0. The predicted molar refractivity (Wildman–Crippen MR) is 87.1 cm³/mol. The number of thiophene rings is 1. The number of aryl methyl sites for hydroxylation is 1. The van der Waals surface area contributed by atoms with Crippen molar-refractivity contribution in [1.82, 2.24) is 14.9 Å². The van der Waals surface area contributed by atoms with Crippen molar-refractivity contribution in [3.8, 4) is 0 Å². The number of piperazine rings is 1. The van der Waals surface area contributed by atoms with Crippen LogP contribution in [0.5, 0.6) is 0 Å². The fourth-order valence-electron chi connectivity index (χ4n) is 2.85. The molecule has 1 aliphatic heterocycles. The van der Waals surface area contributed by atoms with E-state index in [4.69, 9.17) is 0 Å². The summed E-state index contributed by atoms with van der Waals surface area (Å²) in [5, 5.41) is 12.1. The van der Waals surface area contributed by atoms with Gasteiger partial charge in [0.2, 0.25) is 0 Å². The first-order chi connectivity index (χ1) is 9.94. The largest absolute Gasteiger partial charge is 0.389 e. The van der Waals surface area contributed by atoms with Gasteiger partial charge in [0.05, 0.1) is 15.8 Å². The third kappa shape index (κ3) is 3.17. The van der Waals surface area contributed by atoms with Gasteiger partial charge in [0, 0.05) is 32.7 Å². The molecule has 0 atom stereocenters. The van der Waals surface area contributed by atoms with E-state index in [9.17, 15) is 5.11 Å². The van der Waals surface area contributed by atoms with Gasteiger partial charge < -0.3 is 10.0 Å². The van der Waals surface area contributed by atoms with E-state index in [1.807, 2.05) is 13.8 Å². The first kappa shape index (κ1) is 14.7. The van der Waals surface area contributed by atoms with Crippen LogP contribution in [-0.2, 0) is 0 Å². The Labute approximate surface area is 129 Å². The number of β-amino-alcohol motifs (C(OH)–C–C–N with tert-alkyl or cyclic N) is 1. The van der Waals surface area contributed by atoms with Crippen LogP contribution in [0.2, 0.25) is 0 Å². The van der Waals surface area contributed by atoms with E-state index in [0.29, 0.717) is 0 Å². The molecule has 0 saturated carbocycles. The first-order valence-corrected chi connectivity index (χ1v) is 8.20. The Hall–Kier alpha value is -1.24. The van der Waals surface area contributed by atoms with Crippen molar-refractivity contribution in [2.45, 2.75) is 26.4 Å². The van der Waals surface area contributed by atoms with E-state index in [2.05, 4.69) is 32.1 Å². The van der Waals surface area contributed by atoms with Crippen molar-refractivity contribution < 1.29 is 5.11 Å². The summed E-state index contributed by atoms with van der Waals surface area (Å²) >= 11 is 1.72. The maximum atomic E-state index is 9.92. The molecule has 0 amide bonds. The van der Waals surface area contributed by atoms with Crippen LogP contribution < -0.4 is 4.90 Å². The van der Waals surface area contributed by atoms with Crippen LogP contribution in [0, 0.1) is 6.92 Å². The average Bonchev–Trinajstić information content (AvgIpc) is 2.80. The highest BCUT2D eigenvalue weighted by Gasteiger charge is 2.24. The number of anilines is 1. The molecule has 1 saturated heterocycles. The molecule has 1 aliphatic rings. The second kappa shape index (κ2) is 5.51. The van der Waals surface area contributed by atoms with Crippen molar-refractivity contribution in [1.29, 1.82) is 0 Å². The maximum absolute atomic E-state index is 9.92. The molecular weight excluding hydrogens is 284 g/mol. The molecule has 0 aromatic carbocycles. The summed E-state index contributed by atoms with van der Waals surface area (Å²) in [5.74, 6) is 1.06. The molecule has 2 aromatic heterocycles. The Morgan fingerprint density at radius 3 is 2.62 bits per heavy atom. The van der Waals surface area contributed by atoms with Gasteiger partial charge in [-0.1, -0.05) is 0 Å². The number of hydrogen-bond acceptors (Lipinski definition) is 6. The molecule has 21 heavy (non-hydrogen) atoms. The van der Waals surface area contributed by atoms with Crippen LogP contribution in [0.1, 0.15) is 19.4 Å². The second-order valence-electron chi connectivity index (χ2n) is 6.37. The van der Waals surface area contributed by atoms with Gasteiger partial charge in [0.1, 0.15) is 12.1 Å². The van der Waals surface area contributed by atoms with Crippen molar-refractivity contribution in [2.75, 3.05) is 37.6 Å². The highest BCUT2D eigenvalue weighted by atomic mass is 32.1. The number of hydrogen-bond donors (Lipinski definition) is 1. The van der Waals surface area contributed by atoms with Gasteiger partial charge in [0.25, 0.3) is 0 Å². The van der Waals surface area contributed by atoms with Crippen molar-refractivity contribution in [3.63, 3.8) is 0 Å². The molecule has 6 heteroatoms. The van der Waals surface area contributed by atoms with Crippen molar-refractivity contribution >= 4 is 27.4 Å². The van der Waals surface area contributed by atoms with Crippen molar-refractivity contribution in [2.24, 2.45) is 0 Å². The van der Waals surface area contributed by atoms with Crippen LogP contribution in [0.3, 0.4) is 0 Å². The van der Waals surface area contributed by atoms with E-state index in [1.54, 1.807) is 17.7 Å². The number of rotatable bonds is 3. The minimum absolute atomic E-state index is 0.630. The minimum atomic E-state index is -0.630. The highest BCUT2D eigenvalue weighted by Crippen LogP contribution is 2.31. The Kier molecular flexibility index (Phi) is 3.86. The van der Waals surface area contributed by atoms with Crippen LogP contribution in [0.25, 0.3) is 10.2 Å². The van der Waals surface area contributed by atoms with Gasteiger partial charge in [-0.3, -0.25) is 4.90 Å². The Bertz CT molecular complexity index is 626. The maximum Gasteiger partial charge on any atom is 0.150 e. The first-order valence-electron chi connectivity index (χ1n) is 7.32. The predicted octanol–water partition coefficient (Wildman–Crippen LogP) is 1.89. The molecule has 0 radical (unpaired) electrons. The minimum Gasteiger partial charge on any atom is -0.389 e. The summed E-state index contributed by atoms with van der Waals surface area (Å²) in [4.78, 5) is 13.5. The van der Waals surface area contributed by atoms with Gasteiger partial charge in [-0.2, -0.15) is 0 Å². The van der Waals surface area contributed by atoms with Crippen LogP contribution in [0.15, 0.2) is 11.7 Å².